The molecular formula is C14H13F3N2. The summed E-state index contributed by atoms with van der Waals surface area (Å²) in [6.45, 7) is 1.58. The van der Waals surface area contributed by atoms with E-state index in [1.165, 1.54) is 6.07 Å². The van der Waals surface area contributed by atoms with Crippen LogP contribution in [0.15, 0.2) is 30.3 Å². The second kappa shape index (κ2) is 4.49. The van der Waals surface area contributed by atoms with E-state index >= 15 is 0 Å². The maximum Gasteiger partial charge on any atom is 0.433 e. The number of pyridine rings is 1. The highest BCUT2D eigenvalue weighted by atomic mass is 19.4. The molecule has 0 aliphatic carbocycles. The van der Waals surface area contributed by atoms with Crippen LogP contribution in [0.4, 0.5) is 13.2 Å². The summed E-state index contributed by atoms with van der Waals surface area (Å²) in [4.78, 5) is 3.73. The third kappa shape index (κ3) is 2.30. The van der Waals surface area contributed by atoms with Gasteiger partial charge in [-0.05, 0) is 36.6 Å². The number of hydrogen-bond acceptors (Lipinski definition) is 2. The van der Waals surface area contributed by atoms with E-state index in [0.29, 0.717) is 5.52 Å². The Kier molecular flexibility index (Phi) is 2.93. The highest BCUT2D eigenvalue weighted by molar-refractivity contribution is 5.83. The lowest BCUT2D eigenvalue weighted by Gasteiger charge is -2.15. The van der Waals surface area contributed by atoms with Crippen molar-refractivity contribution in [2.45, 2.75) is 18.5 Å². The van der Waals surface area contributed by atoms with Crippen LogP contribution in [0.1, 0.15) is 23.6 Å². The fourth-order valence-electron chi connectivity index (χ4n) is 2.61. The van der Waals surface area contributed by atoms with E-state index < -0.39 is 11.9 Å². The largest absolute Gasteiger partial charge is 0.433 e. The van der Waals surface area contributed by atoms with Gasteiger partial charge in [0, 0.05) is 11.9 Å². The second-order valence-corrected chi connectivity index (χ2v) is 4.80. The van der Waals surface area contributed by atoms with Crippen LogP contribution >= 0.6 is 0 Å². The first-order valence-corrected chi connectivity index (χ1v) is 6.23. The van der Waals surface area contributed by atoms with Gasteiger partial charge in [-0.3, -0.25) is 0 Å². The van der Waals surface area contributed by atoms with Gasteiger partial charge in [0.2, 0.25) is 0 Å². The molecule has 1 atom stereocenters. The predicted octanol–water partition coefficient (Wildman–Crippen LogP) is 3.33. The first kappa shape index (κ1) is 12.4. The Morgan fingerprint density at radius 2 is 2.00 bits per heavy atom. The van der Waals surface area contributed by atoms with E-state index in [2.05, 4.69) is 10.3 Å². The van der Waals surface area contributed by atoms with Crippen LogP contribution < -0.4 is 5.32 Å². The highest BCUT2D eigenvalue weighted by Crippen LogP contribution is 2.35. The van der Waals surface area contributed by atoms with Gasteiger partial charge in [-0.25, -0.2) is 4.98 Å². The van der Waals surface area contributed by atoms with Crippen molar-refractivity contribution < 1.29 is 13.2 Å². The number of alkyl halides is 3. The first-order valence-electron chi connectivity index (χ1n) is 6.23. The van der Waals surface area contributed by atoms with E-state index in [4.69, 9.17) is 0 Å². The van der Waals surface area contributed by atoms with Crippen molar-refractivity contribution in [3.8, 4) is 0 Å². The van der Waals surface area contributed by atoms with Crippen LogP contribution in [0, 0.1) is 0 Å². The molecule has 0 bridgehead atoms. The number of nitrogens with zero attached hydrogens (tertiary/aromatic N) is 1. The predicted molar refractivity (Wildman–Crippen MR) is 67.0 cm³/mol. The molecule has 3 rings (SSSR count). The molecule has 19 heavy (non-hydrogen) atoms. The molecule has 2 aromatic rings. The molecule has 100 valence electrons. The van der Waals surface area contributed by atoms with Gasteiger partial charge < -0.3 is 5.32 Å². The summed E-state index contributed by atoms with van der Waals surface area (Å²) in [7, 11) is 0. The summed E-state index contributed by atoms with van der Waals surface area (Å²) >= 11 is 0. The van der Waals surface area contributed by atoms with E-state index in [1.807, 2.05) is 12.1 Å². The first-order chi connectivity index (χ1) is 9.05. The average Bonchev–Trinajstić information content (AvgIpc) is 2.90. The average molecular weight is 266 g/mol. The zero-order valence-corrected chi connectivity index (χ0v) is 10.2. The molecule has 1 unspecified atom stereocenters. The van der Waals surface area contributed by atoms with Crippen molar-refractivity contribution in [3.63, 3.8) is 0 Å². The summed E-state index contributed by atoms with van der Waals surface area (Å²) in [5, 5.41) is 4.02. The van der Waals surface area contributed by atoms with Gasteiger partial charge in [-0.2, -0.15) is 13.2 Å². The Labute approximate surface area is 108 Å². The molecule has 0 spiro atoms. The molecule has 0 amide bonds. The Balaban J connectivity index is 2.21. The number of benzene rings is 1. The molecule has 1 aliphatic heterocycles. The van der Waals surface area contributed by atoms with Crippen LogP contribution in [0.2, 0.25) is 0 Å². The monoisotopic (exact) mass is 266 g/mol. The lowest BCUT2D eigenvalue weighted by Crippen LogP contribution is -2.12. The quantitative estimate of drug-likeness (QED) is 0.856. The van der Waals surface area contributed by atoms with Crippen molar-refractivity contribution in [1.82, 2.24) is 10.3 Å². The molecule has 1 saturated heterocycles. The van der Waals surface area contributed by atoms with Crippen molar-refractivity contribution in [3.05, 3.63) is 41.6 Å². The smallest absolute Gasteiger partial charge is 0.316 e. The van der Waals surface area contributed by atoms with E-state index in [9.17, 15) is 13.2 Å². The Bertz CT molecular complexity index is 601. The Hall–Kier alpha value is -1.62. The minimum atomic E-state index is -4.40. The molecule has 0 radical (unpaired) electrons. The van der Waals surface area contributed by atoms with Gasteiger partial charge in [-0.15, -0.1) is 0 Å². The van der Waals surface area contributed by atoms with Crippen LogP contribution in [-0.4, -0.2) is 18.1 Å². The fraction of sp³-hybridized carbons (Fsp3) is 0.357. The molecule has 5 heteroatoms. The van der Waals surface area contributed by atoms with Crippen molar-refractivity contribution in [2.75, 3.05) is 13.1 Å². The van der Waals surface area contributed by atoms with Gasteiger partial charge in [0.1, 0.15) is 5.69 Å². The van der Waals surface area contributed by atoms with Gasteiger partial charge >= 0.3 is 6.18 Å². The molecule has 1 aliphatic rings. The molecule has 1 N–H and O–H groups in total. The zero-order chi connectivity index (χ0) is 13.5. The summed E-state index contributed by atoms with van der Waals surface area (Å²) in [6.07, 6.45) is -3.53. The van der Waals surface area contributed by atoms with E-state index in [-0.39, 0.29) is 5.92 Å². The fourth-order valence-corrected chi connectivity index (χ4v) is 2.61. The summed E-state index contributed by atoms with van der Waals surface area (Å²) in [6, 6.07) is 8.24. The highest BCUT2D eigenvalue weighted by Gasteiger charge is 2.34. The third-order valence-electron chi connectivity index (χ3n) is 3.54. The molecule has 0 saturated carbocycles. The molecule has 2 heterocycles. The third-order valence-corrected chi connectivity index (χ3v) is 3.54. The van der Waals surface area contributed by atoms with Gasteiger partial charge in [0.25, 0.3) is 0 Å². The summed E-state index contributed by atoms with van der Waals surface area (Å²) in [5.41, 5.74) is 0.371. The Morgan fingerprint density at radius 1 is 1.21 bits per heavy atom. The van der Waals surface area contributed by atoms with Crippen LogP contribution in [0.5, 0.6) is 0 Å². The topological polar surface area (TPSA) is 24.9 Å². The minimum absolute atomic E-state index is 0.133. The summed E-state index contributed by atoms with van der Waals surface area (Å²) in [5.74, 6) is 0.133. The second-order valence-electron chi connectivity index (χ2n) is 4.80. The summed E-state index contributed by atoms with van der Waals surface area (Å²) < 4.78 is 38.7. The van der Waals surface area contributed by atoms with Gasteiger partial charge in [0.15, 0.2) is 0 Å². The molecule has 2 nitrogen and oxygen atoms in total. The lowest BCUT2D eigenvalue weighted by atomic mass is 9.94. The van der Waals surface area contributed by atoms with Crippen LogP contribution in [-0.2, 0) is 6.18 Å². The van der Waals surface area contributed by atoms with Gasteiger partial charge in [-0.1, -0.05) is 18.2 Å². The van der Waals surface area contributed by atoms with Crippen LogP contribution in [0.25, 0.3) is 10.9 Å². The maximum atomic E-state index is 12.9. The molecule has 1 aromatic carbocycles. The molecular weight excluding hydrogens is 253 g/mol. The number of para-hydroxylation sites is 1. The van der Waals surface area contributed by atoms with E-state index in [1.54, 1.807) is 12.1 Å². The lowest BCUT2D eigenvalue weighted by molar-refractivity contribution is -0.141. The molecule has 1 fully saturated rings. The number of fused-ring (bicyclic) bond motifs is 1. The number of halogens is 3. The normalized spacial score (nSPS) is 20.1. The number of nitrogens with one attached hydrogen (secondary N) is 1. The standard InChI is InChI=1S/C14H13F3N2/c15-14(16,17)13-7-11(9-5-6-18-8-9)10-3-1-2-4-12(10)19-13/h1-4,7,9,18H,5-6,8H2. The van der Waals surface area contributed by atoms with Crippen molar-refractivity contribution >= 4 is 10.9 Å². The SMILES string of the molecule is FC(F)(F)c1cc(C2CCNC2)c2ccccc2n1. The number of rotatable bonds is 1. The minimum Gasteiger partial charge on any atom is -0.316 e. The van der Waals surface area contributed by atoms with Crippen molar-refractivity contribution in [1.29, 1.82) is 0 Å². The number of hydrogen-bond donors (Lipinski definition) is 1. The zero-order valence-electron chi connectivity index (χ0n) is 10.2. The van der Waals surface area contributed by atoms with Crippen molar-refractivity contribution in [2.24, 2.45) is 0 Å². The Morgan fingerprint density at radius 3 is 2.68 bits per heavy atom. The maximum absolute atomic E-state index is 12.9. The van der Waals surface area contributed by atoms with Crippen LogP contribution in [0.3, 0.4) is 0 Å². The molecule has 1 aromatic heterocycles. The van der Waals surface area contributed by atoms with E-state index in [0.717, 1.165) is 30.5 Å². The number of aromatic nitrogens is 1. The van der Waals surface area contributed by atoms with Gasteiger partial charge in [0.05, 0.1) is 5.52 Å².